The van der Waals surface area contributed by atoms with E-state index >= 15 is 0 Å². The zero-order chi connectivity index (χ0) is 7.68. The van der Waals surface area contributed by atoms with Crippen LogP contribution in [0.1, 0.15) is 0 Å². The minimum absolute atomic E-state index is 0. The number of hydrogen-bond acceptors (Lipinski definition) is 3. The normalized spacial score (nSPS) is 27.2. The highest BCUT2D eigenvalue weighted by Crippen LogP contribution is 2.23. The summed E-state index contributed by atoms with van der Waals surface area (Å²) in [6, 6.07) is 0. The molecule has 1 fully saturated rings. The number of hydrogen-bond donors (Lipinski definition) is 2. The molecule has 12 heavy (non-hydrogen) atoms. The predicted octanol–water partition coefficient (Wildman–Crippen LogP) is 0.332. The van der Waals surface area contributed by atoms with Gasteiger partial charge in [-0.2, -0.15) is 11.8 Å². The van der Waals surface area contributed by atoms with E-state index < -0.39 is 0 Å². The Kier molecular flexibility index (Phi) is 3.29. The fourth-order valence-electron chi connectivity index (χ4n) is 1.34. The van der Waals surface area contributed by atoms with Crippen molar-refractivity contribution in [3.63, 3.8) is 0 Å². The zero-order valence-electron chi connectivity index (χ0n) is 6.50. The highest BCUT2D eigenvalue weighted by Gasteiger charge is 2.27. The average molecular weight is 207 g/mol. The molecule has 2 rings (SSSR count). The molecule has 1 amide bonds. The molecule has 0 aliphatic carbocycles. The maximum absolute atomic E-state index is 11.2. The number of amides is 1. The molecule has 0 aromatic rings. The quantitative estimate of drug-likeness (QED) is 0.601. The molecular formula is C7H11ClN2OS. The Labute approximate surface area is 81.8 Å². The molecule has 3 nitrogen and oxygen atoms in total. The van der Waals surface area contributed by atoms with Gasteiger partial charge in [0.15, 0.2) is 0 Å². The van der Waals surface area contributed by atoms with Crippen molar-refractivity contribution in [3.8, 4) is 0 Å². The molecule has 2 N–H and O–H groups in total. The molecule has 1 atom stereocenters. The van der Waals surface area contributed by atoms with Gasteiger partial charge in [-0.3, -0.25) is 4.79 Å². The molecular weight excluding hydrogens is 196 g/mol. The molecule has 68 valence electrons. The number of carbonyl (C=O) groups is 1. The molecule has 0 aromatic heterocycles. The Morgan fingerprint density at radius 1 is 1.50 bits per heavy atom. The lowest BCUT2D eigenvalue weighted by Gasteiger charge is -2.29. The molecule has 5 heteroatoms. The number of halogens is 1. The van der Waals surface area contributed by atoms with E-state index in [4.69, 9.17) is 0 Å². The van der Waals surface area contributed by atoms with Crippen LogP contribution in [-0.2, 0) is 4.79 Å². The Hall–Kier alpha value is -0.350. The SMILES string of the molecule is Cl.O=C1NCNC2=CCSCC12. The third kappa shape index (κ3) is 1.69. The molecule has 2 aliphatic heterocycles. The van der Waals surface area contributed by atoms with E-state index in [0.29, 0.717) is 6.67 Å². The number of rotatable bonds is 0. The van der Waals surface area contributed by atoms with Crippen LogP contribution in [0, 0.1) is 5.92 Å². The molecule has 0 bridgehead atoms. The summed E-state index contributed by atoms with van der Waals surface area (Å²) in [5, 5.41) is 5.94. The van der Waals surface area contributed by atoms with Crippen molar-refractivity contribution in [2.24, 2.45) is 5.92 Å². The summed E-state index contributed by atoms with van der Waals surface area (Å²) >= 11 is 1.81. The average Bonchev–Trinajstić information content (AvgIpc) is 2.06. The van der Waals surface area contributed by atoms with Crippen molar-refractivity contribution in [2.45, 2.75) is 0 Å². The van der Waals surface area contributed by atoms with E-state index in [9.17, 15) is 4.79 Å². The lowest BCUT2D eigenvalue weighted by atomic mass is 10.0. The van der Waals surface area contributed by atoms with Crippen LogP contribution in [0.5, 0.6) is 0 Å². The van der Waals surface area contributed by atoms with Crippen molar-refractivity contribution < 1.29 is 4.79 Å². The van der Waals surface area contributed by atoms with Gasteiger partial charge in [0.05, 0.1) is 12.6 Å². The van der Waals surface area contributed by atoms with Crippen molar-refractivity contribution in [1.29, 1.82) is 0 Å². The van der Waals surface area contributed by atoms with Gasteiger partial charge in [0.2, 0.25) is 5.91 Å². The minimum Gasteiger partial charge on any atom is -0.371 e. The van der Waals surface area contributed by atoms with Crippen LogP contribution in [-0.4, -0.2) is 24.1 Å². The molecule has 0 radical (unpaired) electrons. The van der Waals surface area contributed by atoms with Crippen LogP contribution in [0.2, 0.25) is 0 Å². The van der Waals surface area contributed by atoms with E-state index in [-0.39, 0.29) is 24.2 Å². The second-order valence-electron chi connectivity index (χ2n) is 2.64. The first-order valence-corrected chi connectivity index (χ1v) is 4.83. The third-order valence-corrected chi connectivity index (χ3v) is 2.92. The van der Waals surface area contributed by atoms with E-state index in [1.165, 1.54) is 0 Å². The van der Waals surface area contributed by atoms with Crippen LogP contribution in [0.25, 0.3) is 0 Å². The fraction of sp³-hybridized carbons (Fsp3) is 0.571. The second kappa shape index (κ2) is 4.05. The summed E-state index contributed by atoms with van der Waals surface area (Å²) in [4.78, 5) is 11.2. The number of nitrogens with one attached hydrogen (secondary N) is 2. The van der Waals surface area contributed by atoms with Gasteiger partial charge in [0.25, 0.3) is 0 Å². The molecule has 1 unspecified atom stereocenters. The summed E-state index contributed by atoms with van der Waals surface area (Å²) in [5.41, 5.74) is 1.12. The molecule has 0 spiro atoms. The van der Waals surface area contributed by atoms with Gasteiger partial charge in [0.1, 0.15) is 0 Å². The van der Waals surface area contributed by atoms with E-state index in [2.05, 4.69) is 16.7 Å². The molecule has 0 aromatic carbocycles. The highest BCUT2D eigenvalue weighted by molar-refractivity contribution is 7.99. The standard InChI is InChI=1S/C7H10N2OS.ClH/c10-7-5-3-11-2-1-6(5)8-4-9-7;/h1,5,8H,2-4H2,(H,9,10);1H. The Morgan fingerprint density at radius 2 is 2.33 bits per heavy atom. The minimum atomic E-state index is 0. The number of thioether (sulfide) groups is 1. The monoisotopic (exact) mass is 206 g/mol. The van der Waals surface area contributed by atoms with Crippen LogP contribution < -0.4 is 10.6 Å². The second-order valence-corrected chi connectivity index (χ2v) is 3.72. The van der Waals surface area contributed by atoms with Crippen LogP contribution >= 0.6 is 24.2 Å². The van der Waals surface area contributed by atoms with Gasteiger partial charge in [0, 0.05) is 17.2 Å². The van der Waals surface area contributed by atoms with Gasteiger partial charge in [-0.25, -0.2) is 0 Å². The Balaban J connectivity index is 0.000000720. The number of fused-ring (bicyclic) bond motifs is 1. The first-order valence-electron chi connectivity index (χ1n) is 3.67. The summed E-state index contributed by atoms with van der Waals surface area (Å²) in [6.45, 7) is 0.589. The maximum Gasteiger partial charge on any atom is 0.231 e. The van der Waals surface area contributed by atoms with Crippen LogP contribution in [0.15, 0.2) is 11.8 Å². The fourth-order valence-corrected chi connectivity index (χ4v) is 2.34. The smallest absolute Gasteiger partial charge is 0.231 e. The highest BCUT2D eigenvalue weighted by atomic mass is 35.5. The van der Waals surface area contributed by atoms with E-state index in [1.54, 1.807) is 0 Å². The van der Waals surface area contributed by atoms with Crippen LogP contribution in [0.3, 0.4) is 0 Å². The summed E-state index contributed by atoms with van der Waals surface area (Å²) in [5.74, 6) is 2.21. The molecule has 2 heterocycles. The van der Waals surface area contributed by atoms with Crippen molar-refractivity contribution in [1.82, 2.24) is 10.6 Å². The van der Waals surface area contributed by atoms with Gasteiger partial charge in [-0.1, -0.05) is 6.08 Å². The van der Waals surface area contributed by atoms with Gasteiger partial charge in [-0.05, 0) is 0 Å². The summed E-state index contributed by atoms with van der Waals surface area (Å²) < 4.78 is 0. The van der Waals surface area contributed by atoms with Gasteiger partial charge >= 0.3 is 0 Å². The third-order valence-electron chi connectivity index (χ3n) is 1.95. The zero-order valence-corrected chi connectivity index (χ0v) is 8.13. The summed E-state index contributed by atoms with van der Waals surface area (Å²) in [7, 11) is 0. The number of carbonyl (C=O) groups excluding carboxylic acids is 1. The first-order chi connectivity index (χ1) is 5.38. The summed E-state index contributed by atoms with van der Waals surface area (Å²) in [6.07, 6.45) is 2.11. The first kappa shape index (κ1) is 9.74. The molecule has 0 saturated carbocycles. The lowest BCUT2D eigenvalue weighted by Crippen LogP contribution is -2.48. The van der Waals surface area contributed by atoms with Gasteiger partial charge < -0.3 is 10.6 Å². The molecule has 1 saturated heterocycles. The van der Waals surface area contributed by atoms with Crippen molar-refractivity contribution >= 4 is 30.1 Å². The maximum atomic E-state index is 11.2. The van der Waals surface area contributed by atoms with Crippen molar-refractivity contribution in [2.75, 3.05) is 18.2 Å². The van der Waals surface area contributed by atoms with E-state index in [0.717, 1.165) is 17.2 Å². The largest absolute Gasteiger partial charge is 0.371 e. The van der Waals surface area contributed by atoms with Crippen molar-refractivity contribution in [3.05, 3.63) is 11.8 Å². The predicted molar refractivity (Wildman–Crippen MR) is 52.3 cm³/mol. The Morgan fingerprint density at radius 3 is 3.08 bits per heavy atom. The van der Waals surface area contributed by atoms with Crippen LogP contribution in [0.4, 0.5) is 0 Å². The van der Waals surface area contributed by atoms with E-state index in [1.807, 2.05) is 11.8 Å². The Bertz CT molecular complexity index is 219. The topological polar surface area (TPSA) is 41.1 Å². The lowest BCUT2D eigenvalue weighted by molar-refractivity contribution is -0.124. The van der Waals surface area contributed by atoms with Gasteiger partial charge in [-0.15, -0.1) is 12.4 Å². The molecule has 2 aliphatic rings.